The van der Waals surface area contributed by atoms with Gasteiger partial charge in [-0.3, -0.25) is 9.59 Å². The molecule has 0 atom stereocenters. The zero-order valence-electron chi connectivity index (χ0n) is 20.1. The quantitative estimate of drug-likeness (QED) is 0.485. The highest BCUT2D eigenvalue weighted by molar-refractivity contribution is 6.06. The Hall–Kier alpha value is -4.04. The Morgan fingerprint density at radius 3 is 2.66 bits per heavy atom. The van der Waals surface area contributed by atoms with Crippen LogP contribution in [0.1, 0.15) is 37.4 Å². The van der Waals surface area contributed by atoms with E-state index >= 15 is 0 Å². The summed E-state index contributed by atoms with van der Waals surface area (Å²) in [5.74, 6) is -0.490. The third-order valence-electron chi connectivity index (χ3n) is 6.16. The van der Waals surface area contributed by atoms with E-state index < -0.39 is 5.91 Å². The molecule has 0 aliphatic carbocycles. The summed E-state index contributed by atoms with van der Waals surface area (Å²) in [6.45, 7) is 1.95. The molecule has 0 fully saturated rings. The Morgan fingerprint density at radius 1 is 1.06 bits per heavy atom. The number of nitrogens with one attached hydrogen (secondary N) is 2. The highest BCUT2D eigenvalue weighted by Gasteiger charge is 2.20. The lowest BCUT2D eigenvalue weighted by atomic mass is 10.00. The second kappa shape index (κ2) is 10.5. The first-order chi connectivity index (χ1) is 16.9. The second-order valence-corrected chi connectivity index (χ2v) is 8.32. The van der Waals surface area contributed by atoms with Crippen molar-refractivity contribution in [2.24, 2.45) is 0 Å². The molecule has 2 amide bonds. The lowest BCUT2D eigenvalue weighted by Crippen LogP contribution is -2.28. The molecule has 1 aliphatic heterocycles. The number of rotatable bonds is 7. The Bertz CT molecular complexity index is 1260. The number of benzene rings is 3. The highest BCUT2D eigenvalue weighted by Crippen LogP contribution is 2.38. The molecule has 1 heterocycles. The molecular weight excluding hydrogens is 446 g/mol. The standard InChI is InChI=1S/C27H29N3O5/c1-30(21-8-7-18-11-12-28-16-20(18)14-21)27(33)19-6-4-5-17(13-19)15-29-26(32)22-9-10-23(34-2)25(35-3)24(22)31/h4-10,13-14,28,31H,11-12,15-16H2,1-3H3,(H,29,32). The number of fused-ring (bicyclic) bond motifs is 1. The number of phenols is 1. The number of aromatic hydroxyl groups is 1. The van der Waals surface area contributed by atoms with E-state index in [4.69, 9.17) is 9.47 Å². The van der Waals surface area contributed by atoms with Crippen molar-refractivity contribution < 1.29 is 24.2 Å². The van der Waals surface area contributed by atoms with Gasteiger partial charge in [0.15, 0.2) is 11.5 Å². The number of anilines is 1. The number of methoxy groups -OCH3 is 2. The van der Waals surface area contributed by atoms with Crippen molar-refractivity contribution in [3.8, 4) is 17.2 Å². The van der Waals surface area contributed by atoms with Crippen LogP contribution in [0.25, 0.3) is 0 Å². The first-order valence-electron chi connectivity index (χ1n) is 11.3. The van der Waals surface area contributed by atoms with Gasteiger partial charge in [0.25, 0.3) is 11.8 Å². The molecule has 0 radical (unpaired) electrons. The van der Waals surface area contributed by atoms with Crippen LogP contribution in [-0.4, -0.2) is 44.7 Å². The van der Waals surface area contributed by atoms with Gasteiger partial charge in [-0.2, -0.15) is 0 Å². The topological polar surface area (TPSA) is 100 Å². The van der Waals surface area contributed by atoms with E-state index in [0.717, 1.165) is 30.8 Å². The van der Waals surface area contributed by atoms with Crippen LogP contribution in [0.4, 0.5) is 5.69 Å². The molecule has 8 nitrogen and oxygen atoms in total. The number of carbonyl (C=O) groups is 2. The zero-order valence-corrected chi connectivity index (χ0v) is 20.1. The minimum atomic E-state index is -0.472. The summed E-state index contributed by atoms with van der Waals surface area (Å²) in [6, 6.07) is 16.3. The second-order valence-electron chi connectivity index (χ2n) is 8.32. The molecule has 1 aliphatic rings. The van der Waals surface area contributed by atoms with Crippen LogP contribution in [0, 0.1) is 0 Å². The molecule has 0 saturated heterocycles. The van der Waals surface area contributed by atoms with Gasteiger partial charge in [0.2, 0.25) is 5.75 Å². The van der Waals surface area contributed by atoms with E-state index in [1.807, 2.05) is 12.1 Å². The van der Waals surface area contributed by atoms with Crippen LogP contribution in [0.15, 0.2) is 54.6 Å². The summed E-state index contributed by atoms with van der Waals surface area (Å²) in [6.07, 6.45) is 0.988. The van der Waals surface area contributed by atoms with Crippen LogP contribution in [-0.2, 0) is 19.5 Å². The molecule has 3 aromatic carbocycles. The number of carbonyl (C=O) groups excluding carboxylic acids is 2. The molecule has 0 unspecified atom stereocenters. The summed E-state index contributed by atoms with van der Waals surface area (Å²) < 4.78 is 10.3. The smallest absolute Gasteiger partial charge is 0.258 e. The fourth-order valence-corrected chi connectivity index (χ4v) is 4.17. The molecule has 182 valence electrons. The largest absolute Gasteiger partial charge is 0.504 e. The minimum Gasteiger partial charge on any atom is -0.504 e. The molecule has 0 bridgehead atoms. The summed E-state index contributed by atoms with van der Waals surface area (Å²) in [5.41, 5.74) is 4.70. The maximum absolute atomic E-state index is 13.2. The molecule has 3 N–H and O–H groups in total. The number of hydrogen-bond donors (Lipinski definition) is 3. The van der Waals surface area contributed by atoms with Gasteiger partial charge in [-0.25, -0.2) is 0 Å². The zero-order chi connectivity index (χ0) is 24.9. The Labute approximate surface area is 204 Å². The van der Waals surface area contributed by atoms with Gasteiger partial charge >= 0.3 is 0 Å². The van der Waals surface area contributed by atoms with Crippen molar-refractivity contribution in [1.29, 1.82) is 0 Å². The normalized spacial score (nSPS) is 12.4. The van der Waals surface area contributed by atoms with E-state index in [1.54, 1.807) is 36.2 Å². The number of hydrogen-bond acceptors (Lipinski definition) is 6. The van der Waals surface area contributed by atoms with Crippen molar-refractivity contribution in [3.63, 3.8) is 0 Å². The summed E-state index contributed by atoms with van der Waals surface area (Å²) in [4.78, 5) is 27.5. The van der Waals surface area contributed by atoms with Crippen molar-refractivity contribution >= 4 is 17.5 Å². The van der Waals surface area contributed by atoms with Crippen LogP contribution < -0.4 is 25.0 Å². The first kappa shape index (κ1) is 24.1. The van der Waals surface area contributed by atoms with E-state index in [1.165, 1.54) is 31.4 Å². The van der Waals surface area contributed by atoms with E-state index in [2.05, 4.69) is 22.8 Å². The number of ether oxygens (including phenoxy) is 2. The van der Waals surface area contributed by atoms with Gasteiger partial charge in [0.1, 0.15) is 0 Å². The van der Waals surface area contributed by atoms with E-state index in [0.29, 0.717) is 11.3 Å². The van der Waals surface area contributed by atoms with Gasteiger partial charge in [0, 0.05) is 31.4 Å². The SMILES string of the molecule is COc1ccc(C(=O)NCc2cccc(C(=O)N(C)c3ccc4c(c3)CNCC4)c2)c(O)c1OC. The number of nitrogens with zero attached hydrogens (tertiary/aromatic N) is 1. The third-order valence-corrected chi connectivity index (χ3v) is 6.16. The lowest BCUT2D eigenvalue weighted by molar-refractivity contribution is 0.0946. The Morgan fingerprint density at radius 2 is 1.89 bits per heavy atom. The predicted molar refractivity (Wildman–Crippen MR) is 133 cm³/mol. The molecule has 4 rings (SSSR count). The fraction of sp³-hybridized carbons (Fsp3) is 0.259. The Balaban J connectivity index is 1.45. The average Bonchev–Trinajstić information content (AvgIpc) is 2.90. The molecule has 35 heavy (non-hydrogen) atoms. The summed E-state index contributed by atoms with van der Waals surface area (Å²) in [7, 11) is 4.60. The first-order valence-corrected chi connectivity index (χ1v) is 11.3. The molecule has 0 spiro atoms. The van der Waals surface area contributed by atoms with Crippen LogP contribution in [0.5, 0.6) is 17.2 Å². The monoisotopic (exact) mass is 475 g/mol. The number of phenolic OH excluding ortho intramolecular Hbond substituents is 1. The molecular formula is C27H29N3O5. The van der Waals surface area contributed by atoms with Crippen molar-refractivity contribution in [2.75, 3.05) is 32.7 Å². The predicted octanol–water partition coefficient (Wildman–Crippen LogP) is 3.26. The molecule has 0 aromatic heterocycles. The molecule has 0 saturated carbocycles. The fourth-order valence-electron chi connectivity index (χ4n) is 4.17. The van der Waals surface area contributed by atoms with Gasteiger partial charge in [-0.15, -0.1) is 0 Å². The Kier molecular flexibility index (Phi) is 7.22. The van der Waals surface area contributed by atoms with Crippen LogP contribution >= 0.6 is 0 Å². The van der Waals surface area contributed by atoms with Gasteiger partial charge in [0.05, 0.1) is 19.8 Å². The van der Waals surface area contributed by atoms with Gasteiger partial charge in [-0.05, 0) is 66.1 Å². The summed E-state index contributed by atoms with van der Waals surface area (Å²) in [5, 5.41) is 16.5. The van der Waals surface area contributed by atoms with Crippen molar-refractivity contribution in [1.82, 2.24) is 10.6 Å². The van der Waals surface area contributed by atoms with Crippen molar-refractivity contribution in [3.05, 3.63) is 82.4 Å². The lowest BCUT2D eigenvalue weighted by Gasteiger charge is -2.22. The van der Waals surface area contributed by atoms with Gasteiger partial charge in [-0.1, -0.05) is 18.2 Å². The van der Waals surface area contributed by atoms with E-state index in [-0.39, 0.29) is 29.5 Å². The highest BCUT2D eigenvalue weighted by atomic mass is 16.5. The van der Waals surface area contributed by atoms with Crippen molar-refractivity contribution in [2.45, 2.75) is 19.5 Å². The van der Waals surface area contributed by atoms with Crippen LogP contribution in [0.3, 0.4) is 0 Å². The average molecular weight is 476 g/mol. The maximum atomic E-state index is 13.2. The summed E-state index contributed by atoms with van der Waals surface area (Å²) >= 11 is 0. The number of amides is 2. The third kappa shape index (κ3) is 5.07. The van der Waals surface area contributed by atoms with Gasteiger partial charge < -0.3 is 30.1 Å². The molecule has 3 aromatic rings. The minimum absolute atomic E-state index is 0.0662. The van der Waals surface area contributed by atoms with E-state index in [9.17, 15) is 14.7 Å². The van der Waals surface area contributed by atoms with Crippen LogP contribution in [0.2, 0.25) is 0 Å². The maximum Gasteiger partial charge on any atom is 0.258 e. The molecule has 8 heteroatoms.